The van der Waals surface area contributed by atoms with Crippen LogP contribution in [0.25, 0.3) is 0 Å². The Morgan fingerprint density at radius 2 is 2.23 bits per heavy atom. The number of halogens is 1. The predicted octanol–water partition coefficient (Wildman–Crippen LogP) is 0.111. The molecule has 0 bridgehead atoms. The van der Waals surface area contributed by atoms with E-state index < -0.39 is 10.0 Å². The second-order valence-corrected chi connectivity index (χ2v) is 8.06. The van der Waals surface area contributed by atoms with E-state index in [0.717, 1.165) is 50.4 Å². The van der Waals surface area contributed by atoms with Crippen LogP contribution in [0.2, 0.25) is 0 Å². The topological polar surface area (TPSA) is 104 Å². The van der Waals surface area contributed by atoms with Crippen LogP contribution in [0.15, 0.2) is 17.4 Å². The van der Waals surface area contributed by atoms with Crippen LogP contribution in [0.3, 0.4) is 0 Å². The summed E-state index contributed by atoms with van der Waals surface area (Å²) in [4.78, 5) is 6.77. The number of nitrogens with one attached hydrogen (secondary N) is 3. The molecule has 0 radical (unpaired) electrons. The number of hydrogen-bond donors (Lipinski definition) is 3. The van der Waals surface area contributed by atoms with Crippen molar-refractivity contribution in [3.63, 3.8) is 0 Å². The summed E-state index contributed by atoms with van der Waals surface area (Å²) in [6.45, 7) is 5.36. The van der Waals surface area contributed by atoms with Crippen LogP contribution in [0, 0.1) is 0 Å². The van der Waals surface area contributed by atoms with Crippen LogP contribution in [0.5, 0.6) is 0 Å². The average Bonchev–Trinajstić information content (AvgIpc) is 2.98. The molecule has 1 fully saturated rings. The highest BCUT2D eigenvalue weighted by molar-refractivity contribution is 14.0. The van der Waals surface area contributed by atoms with Gasteiger partial charge in [0.15, 0.2) is 5.96 Å². The third-order valence-corrected chi connectivity index (χ3v) is 4.64. The SMILES string of the molecule is CCNC(=NCCNS(C)(=O)=O)NC1CCCN(c2cnn(C)c2)C1.I. The number of nitrogens with zero attached hydrogens (tertiary/aromatic N) is 4. The van der Waals surface area contributed by atoms with Crippen LogP contribution in [0.4, 0.5) is 5.69 Å². The van der Waals surface area contributed by atoms with Crippen molar-refractivity contribution in [3.8, 4) is 0 Å². The largest absolute Gasteiger partial charge is 0.367 e. The van der Waals surface area contributed by atoms with Gasteiger partial charge in [-0.15, -0.1) is 24.0 Å². The van der Waals surface area contributed by atoms with Crippen LogP contribution >= 0.6 is 24.0 Å². The van der Waals surface area contributed by atoms with Crippen LogP contribution in [-0.4, -0.2) is 69.2 Å². The smallest absolute Gasteiger partial charge is 0.208 e. The lowest BCUT2D eigenvalue weighted by molar-refractivity contribution is 0.468. The van der Waals surface area contributed by atoms with Crippen molar-refractivity contribution in [1.82, 2.24) is 25.1 Å². The molecular weight excluding hydrogens is 469 g/mol. The van der Waals surface area contributed by atoms with Crippen LogP contribution in [-0.2, 0) is 17.1 Å². The van der Waals surface area contributed by atoms with Crippen molar-refractivity contribution >= 4 is 45.6 Å². The van der Waals surface area contributed by atoms with E-state index in [1.54, 1.807) is 0 Å². The maximum atomic E-state index is 11.1. The molecule has 150 valence electrons. The van der Waals surface area contributed by atoms with Gasteiger partial charge in [0.1, 0.15) is 0 Å². The molecule has 0 aliphatic carbocycles. The molecule has 1 atom stereocenters. The maximum Gasteiger partial charge on any atom is 0.208 e. The molecule has 2 rings (SSSR count). The molecule has 0 amide bonds. The fourth-order valence-electron chi connectivity index (χ4n) is 2.81. The molecule has 1 saturated heterocycles. The fourth-order valence-corrected chi connectivity index (χ4v) is 3.28. The number of rotatable bonds is 7. The molecule has 0 spiro atoms. The molecule has 1 unspecified atom stereocenters. The van der Waals surface area contributed by atoms with Crippen molar-refractivity contribution in [3.05, 3.63) is 12.4 Å². The lowest BCUT2D eigenvalue weighted by atomic mass is 10.1. The lowest BCUT2D eigenvalue weighted by Gasteiger charge is -2.34. The molecule has 1 aromatic heterocycles. The second kappa shape index (κ2) is 10.9. The highest BCUT2D eigenvalue weighted by atomic mass is 127. The molecule has 1 aliphatic rings. The Bertz CT molecular complexity index is 677. The number of guanidine groups is 1. The van der Waals surface area contributed by atoms with Gasteiger partial charge in [-0.3, -0.25) is 9.67 Å². The van der Waals surface area contributed by atoms with Crippen molar-refractivity contribution in [2.24, 2.45) is 12.0 Å². The molecule has 26 heavy (non-hydrogen) atoms. The second-order valence-electron chi connectivity index (χ2n) is 6.23. The van der Waals surface area contributed by atoms with Gasteiger partial charge in [-0.2, -0.15) is 5.10 Å². The molecule has 2 heterocycles. The summed E-state index contributed by atoms with van der Waals surface area (Å²) in [5.41, 5.74) is 1.13. The van der Waals surface area contributed by atoms with Crippen molar-refractivity contribution in [2.75, 3.05) is 43.9 Å². The Morgan fingerprint density at radius 3 is 2.85 bits per heavy atom. The van der Waals surface area contributed by atoms with E-state index in [1.807, 2.05) is 31.0 Å². The van der Waals surface area contributed by atoms with Gasteiger partial charge >= 0.3 is 0 Å². The standard InChI is InChI=1S/C15H29N7O2S.HI/c1-4-16-15(17-7-8-19-25(3,23)24)20-13-6-5-9-22(11-13)14-10-18-21(2)12-14;/h10,12-13,19H,4-9,11H2,1-3H3,(H2,16,17,20);1H. The van der Waals surface area contributed by atoms with E-state index in [4.69, 9.17) is 0 Å². The summed E-state index contributed by atoms with van der Waals surface area (Å²) in [6.07, 6.45) is 7.23. The summed E-state index contributed by atoms with van der Waals surface area (Å²) >= 11 is 0. The number of aryl methyl sites for hydroxylation is 1. The van der Waals surface area contributed by atoms with Crippen LogP contribution in [0.1, 0.15) is 19.8 Å². The summed E-state index contributed by atoms with van der Waals surface area (Å²) in [5.74, 6) is 0.718. The number of aromatic nitrogens is 2. The molecule has 1 aromatic rings. The van der Waals surface area contributed by atoms with Crippen molar-refractivity contribution in [1.29, 1.82) is 0 Å². The third-order valence-electron chi connectivity index (χ3n) is 3.91. The Balaban J connectivity index is 0.00000338. The minimum atomic E-state index is -3.17. The molecule has 11 heteroatoms. The molecule has 0 aromatic carbocycles. The van der Waals surface area contributed by atoms with Gasteiger partial charge < -0.3 is 15.5 Å². The Kier molecular flexibility index (Phi) is 9.64. The molecule has 1 aliphatic heterocycles. The Morgan fingerprint density at radius 1 is 1.46 bits per heavy atom. The van der Waals surface area contributed by atoms with E-state index in [0.29, 0.717) is 13.1 Å². The molecular formula is C15H30IN7O2S. The highest BCUT2D eigenvalue weighted by Gasteiger charge is 2.21. The van der Waals surface area contributed by atoms with Gasteiger partial charge in [-0.25, -0.2) is 13.1 Å². The van der Waals surface area contributed by atoms with Gasteiger partial charge in [-0.1, -0.05) is 0 Å². The quantitative estimate of drug-likeness (QED) is 0.213. The van der Waals surface area contributed by atoms with Gasteiger partial charge in [-0.05, 0) is 19.8 Å². The first-order valence-corrected chi connectivity index (χ1v) is 10.5. The third kappa shape index (κ3) is 8.08. The predicted molar refractivity (Wildman–Crippen MR) is 116 cm³/mol. The molecule has 3 N–H and O–H groups in total. The van der Waals surface area contributed by atoms with E-state index >= 15 is 0 Å². The van der Waals surface area contributed by atoms with Crippen LogP contribution < -0.4 is 20.3 Å². The summed E-state index contributed by atoms with van der Waals surface area (Å²) in [5, 5.41) is 10.9. The van der Waals surface area contributed by atoms with Gasteiger partial charge in [0.2, 0.25) is 10.0 Å². The number of anilines is 1. The zero-order valence-corrected chi connectivity index (χ0v) is 18.8. The number of sulfonamides is 1. The van der Waals surface area contributed by atoms with E-state index in [2.05, 4.69) is 30.3 Å². The first-order valence-electron chi connectivity index (χ1n) is 8.60. The highest BCUT2D eigenvalue weighted by Crippen LogP contribution is 2.18. The first-order chi connectivity index (χ1) is 11.9. The zero-order chi connectivity index (χ0) is 18.3. The van der Waals surface area contributed by atoms with Gasteiger partial charge in [0, 0.05) is 45.5 Å². The molecule has 9 nitrogen and oxygen atoms in total. The summed E-state index contributed by atoms with van der Waals surface area (Å²) in [7, 11) is -1.25. The van der Waals surface area contributed by atoms with Gasteiger partial charge in [0.05, 0.1) is 24.7 Å². The summed E-state index contributed by atoms with van der Waals surface area (Å²) in [6, 6.07) is 0.287. The first kappa shape index (κ1) is 23.0. The number of hydrogen-bond acceptors (Lipinski definition) is 5. The molecule has 0 saturated carbocycles. The normalized spacial score (nSPS) is 18.3. The lowest BCUT2D eigenvalue weighted by Crippen LogP contribution is -2.51. The van der Waals surface area contributed by atoms with Gasteiger partial charge in [0.25, 0.3) is 0 Å². The number of aliphatic imine (C=N–C) groups is 1. The average molecular weight is 499 g/mol. The fraction of sp³-hybridized carbons (Fsp3) is 0.733. The van der Waals surface area contributed by atoms with E-state index in [1.165, 1.54) is 0 Å². The van der Waals surface area contributed by atoms with Crippen molar-refractivity contribution < 1.29 is 8.42 Å². The Hall–Kier alpha value is -1.08. The Labute approximate surface area is 173 Å². The summed E-state index contributed by atoms with van der Waals surface area (Å²) < 4.78 is 26.4. The number of piperidine rings is 1. The maximum absolute atomic E-state index is 11.1. The van der Waals surface area contributed by atoms with Crippen molar-refractivity contribution in [2.45, 2.75) is 25.8 Å². The van der Waals surface area contributed by atoms with E-state index in [-0.39, 0.29) is 30.0 Å². The zero-order valence-electron chi connectivity index (χ0n) is 15.6. The minimum Gasteiger partial charge on any atom is -0.367 e. The minimum absolute atomic E-state index is 0. The van der Waals surface area contributed by atoms with E-state index in [9.17, 15) is 8.42 Å². The monoisotopic (exact) mass is 499 g/mol.